The Labute approximate surface area is 65.1 Å². The van der Waals surface area contributed by atoms with Gasteiger partial charge in [0, 0.05) is 14.0 Å². The lowest BCUT2D eigenvalue weighted by Crippen LogP contribution is -2.22. The molecule has 1 heterocycles. The van der Waals surface area contributed by atoms with Crippen LogP contribution in [0.3, 0.4) is 0 Å². The Bertz CT molecular complexity index is 188. The van der Waals surface area contributed by atoms with Crippen LogP contribution in [-0.2, 0) is 14.3 Å². The average Bonchev–Trinajstić information content (AvgIpc) is 2.10. The van der Waals surface area contributed by atoms with Gasteiger partial charge in [-0.25, -0.2) is 0 Å². The fourth-order valence-electron chi connectivity index (χ4n) is 1.14. The van der Waals surface area contributed by atoms with E-state index in [0.29, 0.717) is 13.0 Å². The monoisotopic (exact) mass is 157 g/mol. The highest BCUT2D eigenvalue weighted by molar-refractivity contribution is 5.79. The summed E-state index contributed by atoms with van der Waals surface area (Å²) in [6, 6.07) is 0. The number of rotatable bonds is 1. The lowest BCUT2D eigenvalue weighted by atomic mass is 10.3. The normalized spacial score (nSPS) is 24.0. The van der Waals surface area contributed by atoms with E-state index in [4.69, 9.17) is 4.74 Å². The van der Waals surface area contributed by atoms with Crippen LogP contribution < -0.4 is 0 Å². The number of hydrogen-bond acceptors (Lipinski definition) is 3. The summed E-state index contributed by atoms with van der Waals surface area (Å²) in [4.78, 5) is 22.9. The molecule has 0 unspecified atom stereocenters. The molecule has 0 N–H and O–H groups in total. The zero-order valence-corrected chi connectivity index (χ0v) is 6.66. The van der Waals surface area contributed by atoms with Crippen LogP contribution in [0.2, 0.25) is 0 Å². The number of esters is 1. The van der Waals surface area contributed by atoms with Crippen molar-refractivity contribution in [2.75, 3.05) is 13.6 Å². The van der Waals surface area contributed by atoms with Gasteiger partial charge in [-0.1, -0.05) is 0 Å². The van der Waals surface area contributed by atoms with Crippen LogP contribution in [-0.4, -0.2) is 36.5 Å². The average molecular weight is 157 g/mol. The Balaban J connectivity index is 2.41. The third-order valence-electron chi connectivity index (χ3n) is 1.64. The summed E-state index contributed by atoms with van der Waals surface area (Å²) in [6.45, 7) is 1.88. The first-order chi connectivity index (χ1) is 5.09. The Hall–Kier alpha value is -1.06. The van der Waals surface area contributed by atoms with E-state index in [2.05, 4.69) is 0 Å². The van der Waals surface area contributed by atoms with Crippen molar-refractivity contribution in [2.45, 2.75) is 19.4 Å². The zero-order chi connectivity index (χ0) is 8.43. The fourth-order valence-corrected chi connectivity index (χ4v) is 1.14. The third kappa shape index (κ3) is 1.93. The molecule has 0 radical (unpaired) electrons. The molecule has 0 aromatic rings. The van der Waals surface area contributed by atoms with E-state index in [1.807, 2.05) is 0 Å². The Morgan fingerprint density at radius 2 is 2.36 bits per heavy atom. The molecule has 4 heteroatoms. The van der Waals surface area contributed by atoms with E-state index in [1.165, 1.54) is 6.92 Å². The highest BCUT2D eigenvalue weighted by Crippen LogP contribution is 2.11. The van der Waals surface area contributed by atoms with Gasteiger partial charge in [-0.2, -0.15) is 0 Å². The highest BCUT2D eigenvalue weighted by Gasteiger charge is 2.28. The van der Waals surface area contributed by atoms with Gasteiger partial charge in [-0.15, -0.1) is 0 Å². The largest absolute Gasteiger partial charge is 0.460 e. The van der Waals surface area contributed by atoms with E-state index in [9.17, 15) is 9.59 Å². The summed E-state index contributed by atoms with van der Waals surface area (Å²) >= 11 is 0. The van der Waals surface area contributed by atoms with Crippen molar-refractivity contribution in [3.63, 3.8) is 0 Å². The van der Waals surface area contributed by atoms with Gasteiger partial charge in [0.25, 0.3) is 0 Å². The van der Waals surface area contributed by atoms with Crippen LogP contribution in [0.25, 0.3) is 0 Å². The first-order valence-corrected chi connectivity index (χ1v) is 3.51. The number of ether oxygens (including phenoxy) is 1. The SMILES string of the molecule is CC(=O)O[C@@H]1CC(=O)N(C)C1. The molecule has 1 amide bonds. The molecule has 11 heavy (non-hydrogen) atoms. The van der Waals surface area contributed by atoms with Crippen molar-refractivity contribution in [2.24, 2.45) is 0 Å². The number of likely N-dealkylation sites (tertiary alicyclic amines) is 1. The van der Waals surface area contributed by atoms with Gasteiger partial charge in [0.15, 0.2) is 0 Å². The molecule has 1 aliphatic rings. The van der Waals surface area contributed by atoms with Gasteiger partial charge in [0.2, 0.25) is 5.91 Å². The molecule has 1 fully saturated rings. The molecule has 0 saturated carbocycles. The first kappa shape index (κ1) is 8.04. The van der Waals surface area contributed by atoms with Crippen LogP contribution in [0.15, 0.2) is 0 Å². The van der Waals surface area contributed by atoms with Crippen molar-refractivity contribution in [1.29, 1.82) is 0 Å². The second kappa shape index (κ2) is 2.90. The Morgan fingerprint density at radius 1 is 1.73 bits per heavy atom. The number of nitrogens with zero attached hydrogens (tertiary/aromatic N) is 1. The molecule has 4 nitrogen and oxygen atoms in total. The summed E-state index contributed by atoms with van der Waals surface area (Å²) in [5.74, 6) is -0.283. The molecule has 0 aromatic carbocycles. The molecule has 1 aliphatic heterocycles. The minimum Gasteiger partial charge on any atom is -0.460 e. The zero-order valence-electron chi connectivity index (χ0n) is 6.66. The van der Waals surface area contributed by atoms with Crippen molar-refractivity contribution in [3.05, 3.63) is 0 Å². The van der Waals surface area contributed by atoms with E-state index >= 15 is 0 Å². The summed E-state index contributed by atoms with van der Waals surface area (Å²) < 4.78 is 4.85. The molecular weight excluding hydrogens is 146 g/mol. The quantitative estimate of drug-likeness (QED) is 0.494. The van der Waals surface area contributed by atoms with Crippen LogP contribution in [0.4, 0.5) is 0 Å². The molecule has 1 atom stereocenters. The van der Waals surface area contributed by atoms with Gasteiger partial charge in [-0.3, -0.25) is 9.59 Å². The second-order valence-corrected chi connectivity index (χ2v) is 2.71. The maximum absolute atomic E-state index is 10.9. The third-order valence-corrected chi connectivity index (χ3v) is 1.64. The maximum atomic E-state index is 10.9. The molecule has 62 valence electrons. The lowest BCUT2D eigenvalue weighted by Gasteiger charge is -2.09. The topological polar surface area (TPSA) is 46.6 Å². The van der Waals surface area contributed by atoms with Crippen LogP contribution in [0.1, 0.15) is 13.3 Å². The van der Waals surface area contributed by atoms with Crippen LogP contribution in [0, 0.1) is 0 Å². The van der Waals surface area contributed by atoms with E-state index in [1.54, 1.807) is 11.9 Å². The summed E-state index contributed by atoms with van der Waals surface area (Å²) in [6.07, 6.45) is 0.0980. The molecule has 1 saturated heterocycles. The fraction of sp³-hybridized carbons (Fsp3) is 0.714. The van der Waals surface area contributed by atoms with Gasteiger partial charge in [0.1, 0.15) is 6.10 Å². The van der Waals surface area contributed by atoms with Crippen molar-refractivity contribution >= 4 is 11.9 Å². The molecule has 0 spiro atoms. The van der Waals surface area contributed by atoms with Crippen LogP contribution >= 0.6 is 0 Å². The standard InChI is InChI=1S/C7H11NO3/c1-5(9)11-6-3-7(10)8(2)4-6/h6H,3-4H2,1-2H3/t6-/m1/s1. The van der Waals surface area contributed by atoms with Crippen molar-refractivity contribution in [3.8, 4) is 0 Å². The van der Waals surface area contributed by atoms with E-state index in [-0.39, 0.29) is 18.0 Å². The molecular formula is C7H11NO3. The van der Waals surface area contributed by atoms with Crippen molar-refractivity contribution < 1.29 is 14.3 Å². The molecule has 0 aromatic heterocycles. The Kier molecular flexibility index (Phi) is 2.12. The molecule has 0 aliphatic carbocycles. The van der Waals surface area contributed by atoms with E-state index in [0.717, 1.165) is 0 Å². The van der Waals surface area contributed by atoms with Crippen LogP contribution in [0.5, 0.6) is 0 Å². The minimum absolute atomic E-state index is 0.0382. The number of amides is 1. The minimum atomic E-state index is -0.321. The maximum Gasteiger partial charge on any atom is 0.302 e. The smallest absolute Gasteiger partial charge is 0.302 e. The predicted octanol–water partition coefficient (Wildman–Crippen LogP) is -0.220. The number of hydrogen-bond donors (Lipinski definition) is 0. The van der Waals surface area contributed by atoms with E-state index < -0.39 is 0 Å². The van der Waals surface area contributed by atoms with Gasteiger partial charge in [0.05, 0.1) is 13.0 Å². The number of likely N-dealkylation sites (N-methyl/N-ethyl adjacent to an activating group) is 1. The number of carbonyl (C=O) groups is 2. The molecule has 1 rings (SSSR count). The summed E-state index contributed by atoms with van der Waals surface area (Å²) in [5.41, 5.74) is 0. The highest BCUT2D eigenvalue weighted by atomic mass is 16.5. The lowest BCUT2D eigenvalue weighted by molar-refractivity contribution is -0.145. The second-order valence-electron chi connectivity index (χ2n) is 2.71. The Morgan fingerprint density at radius 3 is 2.73 bits per heavy atom. The molecule has 0 bridgehead atoms. The first-order valence-electron chi connectivity index (χ1n) is 3.51. The summed E-state index contributed by atoms with van der Waals surface area (Å²) in [7, 11) is 1.70. The van der Waals surface area contributed by atoms with Crippen molar-refractivity contribution in [1.82, 2.24) is 4.90 Å². The van der Waals surface area contributed by atoms with Gasteiger partial charge >= 0.3 is 5.97 Å². The summed E-state index contributed by atoms with van der Waals surface area (Å²) in [5, 5.41) is 0. The van der Waals surface area contributed by atoms with Gasteiger partial charge in [-0.05, 0) is 0 Å². The predicted molar refractivity (Wildman–Crippen MR) is 37.8 cm³/mol. The van der Waals surface area contributed by atoms with Gasteiger partial charge < -0.3 is 9.64 Å². The number of carbonyl (C=O) groups excluding carboxylic acids is 2.